The molecule has 25 heavy (non-hydrogen) atoms. The van der Waals surface area contributed by atoms with E-state index in [1.54, 1.807) is 6.92 Å². The molecule has 2 aliphatic heterocycles. The minimum Gasteiger partial charge on any atom is -0.363 e. The van der Waals surface area contributed by atoms with Crippen molar-refractivity contribution < 1.29 is 4.79 Å². The minimum absolute atomic E-state index is 0.262. The molecule has 1 saturated carbocycles. The first-order valence-electron chi connectivity index (χ1n) is 10.2. The number of piperidine rings is 1. The Morgan fingerprint density at radius 2 is 1.88 bits per heavy atom. The summed E-state index contributed by atoms with van der Waals surface area (Å²) in [5.41, 5.74) is 3.05. The number of benzene rings is 1. The van der Waals surface area contributed by atoms with Crippen LogP contribution in [0.3, 0.4) is 0 Å². The number of anilines is 1. The van der Waals surface area contributed by atoms with E-state index in [0.717, 1.165) is 18.5 Å². The highest BCUT2D eigenvalue weighted by Crippen LogP contribution is 2.47. The maximum Gasteiger partial charge on any atom is 0.149 e. The molecule has 1 aliphatic carbocycles. The summed E-state index contributed by atoms with van der Waals surface area (Å²) in [5.74, 6) is 1.18. The molecule has 3 heteroatoms. The molecule has 1 spiro atoms. The first kappa shape index (κ1) is 17.1. The minimum atomic E-state index is 0.262. The Labute approximate surface area is 152 Å². The van der Waals surface area contributed by atoms with Crippen molar-refractivity contribution in [3.63, 3.8) is 0 Å². The van der Waals surface area contributed by atoms with Crippen molar-refractivity contribution in [1.82, 2.24) is 4.90 Å². The Balaban J connectivity index is 1.49. The van der Waals surface area contributed by atoms with Crippen molar-refractivity contribution >= 4 is 11.5 Å². The van der Waals surface area contributed by atoms with Crippen molar-refractivity contribution in [2.75, 3.05) is 31.1 Å². The highest BCUT2D eigenvalue weighted by Gasteiger charge is 2.45. The van der Waals surface area contributed by atoms with Crippen LogP contribution in [0.1, 0.15) is 57.9 Å². The molecule has 0 amide bonds. The van der Waals surface area contributed by atoms with Crippen molar-refractivity contribution in [3.05, 3.63) is 29.8 Å². The van der Waals surface area contributed by atoms with E-state index >= 15 is 0 Å². The van der Waals surface area contributed by atoms with E-state index < -0.39 is 0 Å². The molecule has 3 nitrogen and oxygen atoms in total. The first-order chi connectivity index (χ1) is 12.1. The highest BCUT2D eigenvalue weighted by atomic mass is 16.1. The van der Waals surface area contributed by atoms with Crippen molar-refractivity contribution in [2.24, 2.45) is 5.92 Å². The SMILES string of the molecule is CC(=O)CN1CC2(CCN(C(C)C3CCCC3)CC2)c2ccccc21. The lowest BCUT2D eigenvalue weighted by molar-refractivity contribution is -0.115. The standard InChI is InChI=1S/C22H32N2O/c1-17(25)15-24-16-22(20-9-5-6-10-21(20)24)11-13-23(14-12-22)18(2)19-7-3-4-8-19/h5-6,9-10,18-19H,3-4,7-8,11-16H2,1-2H3. The molecule has 0 N–H and O–H groups in total. The molecule has 1 saturated heterocycles. The van der Waals surface area contributed by atoms with Gasteiger partial charge in [0.1, 0.15) is 5.78 Å². The topological polar surface area (TPSA) is 23.6 Å². The van der Waals surface area contributed by atoms with Crippen molar-refractivity contribution in [2.45, 2.75) is 63.8 Å². The lowest BCUT2D eigenvalue weighted by atomic mass is 9.74. The molecule has 1 aromatic carbocycles. The third-order valence-electron chi connectivity index (χ3n) is 7.14. The molecule has 0 radical (unpaired) electrons. The second kappa shape index (κ2) is 6.75. The molecular weight excluding hydrogens is 308 g/mol. The maximum absolute atomic E-state index is 11.7. The lowest BCUT2D eigenvalue weighted by Gasteiger charge is -2.43. The fraction of sp³-hybridized carbons (Fsp3) is 0.682. The van der Waals surface area contributed by atoms with Crippen LogP contribution in [0.5, 0.6) is 0 Å². The molecule has 1 aromatic rings. The Kier molecular flexibility index (Phi) is 4.61. The van der Waals surface area contributed by atoms with Gasteiger partial charge in [0, 0.05) is 23.7 Å². The molecule has 0 bridgehead atoms. The number of carbonyl (C=O) groups excluding carboxylic acids is 1. The molecule has 0 aromatic heterocycles. The summed E-state index contributed by atoms with van der Waals surface area (Å²) >= 11 is 0. The number of rotatable bonds is 4. The summed E-state index contributed by atoms with van der Waals surface area (Å²) < 4.78 is 0. The van der Waals surface area contributed by atoms with Crippen LogP contribution in [-0.2, 0) is 10.2 Å². The zero-order valence-electron chi connectivity index (χ0n) is 15.8. The zero-order valence-corrected chi connectivity index (χ0v) is 15.8. The van der Waals surface area contributed by atoms with Gasteiger partial charge in [-0.2, -0.15) is 0 Å². The van der Waals surface area contributed by atoms with Gasteiger partial charge in [0.25, 0.3) is 0 Å². The molecule has 4 rings (SSSR count). The highest BCUT2D eigenvalue weighted by molar-refractivity contribution is 5.82. The molecule has 2 fully saturated rings. The third kappa shape index (κ3) is 3.12. The average Bonchev–Trinajstić information content (AvgIpc) is 3.23. The molecular formula is C22H32N2O. The number of carbonyl (C=O) groups is 1. The van der Waals surface area contributed by atoms with Gasteiger partial charge in [0.05, 0.1) is 6.54 Å². The van der Waals surface area contributed by atoms with E-state index in [4.69, 9.17) is 0 Å². The Bertz CT molecular complexity index is 627. The molecule has 1 atom stereocenters. The molecule has 136 valence electrons. The van der Waals surface area contributed by atoms with Gasteiger partial charge < -0.3 is 9.80 Å². The number of para-hydroxylation sites is 1. The zero-order chi connectivity index (χ0) is 17.4. The number of nitrogens with zero attached hydrogens (tertiary/aromatic N) is 2. The van der Waals surface area contributed by atoms with Crippen molar-refractivity contribution in [1.29, 1.82) is 0 Å². The van der Waals surface area contributed by atoms with Crippen LogP contribution >= 0.6 is 0 Å². The number of hydrogen-bond donors (Lipinski definition) is 0. The fourth-order valence-electron chi connectivity index (χ4n) is 5.67. The van der Waals surface area contributed by atoms with E-state index in [1.807, 2.05) is 0 Å². The number of Topliss-reactive ketones (excluding diaryl/α,β-unsaturated/α-hetero) is 1. The summed E-state index contributed by atoms with van der Waals surface area (Å²) in [6, 6.07) is 9.55. The third-order valence-corrected chi connectivity index (χ3v) is 7.14. The fourth-order valence-corrected chi connectivity index (χ4v) is 5.67. The second-order valence-electron chi connectivity index (χ2n) is 8.68. The van der Waals surface area contributed by atoms with Gasteiger partial charge in [-0.15, -0.1) is 0 Å². The first-order valence-corrected chi connectivity index (χ1v) is 10.2. The number of hydrogen-bond acceptors (Lipinski definition) is 3. The van der Waals surface area contributed by atoms with Gasteiger partial charge in [-0.1, -0.05) is 31.0 Å². The van der Waals surface area contributed by atoms with E-state index in [2.05, 4.69) is 41.0 Å². The summed E-state index contributed by atoms with van der Waals surface area (Å²) in [5, 5.41) is 0. The van der Waals surface area contributed by atoms with Gasteiger partial charge in [-0.05, 0) is 70.2 Å². The monoisotopic (exact) mass is 340 g/mol. The van der Waals surface area contributed by atoms with E-state index in [1.165, 1.54) is 62.9 Å². The smallest absolute Gasteiger partial charge is 0.149 e. The summed E-state index contributed by atoms with van der Waals surface area (Å²) in [6.45, 7) is 8.16. The van der Waals surface area contributed by atoms with Crippen molar-refractivity contribution in [3.8, 4) is 0 Å². The number of ketones is 1. The van der Waals surface area contributed by atoms with E-state index in [9.17, 15) is 4.79 Å². The van der Waals surface area contributed by atoms with Crippen LogP contribution in [0, 0.1) is 5.92 Å². The average molecular weight is 341 g/mol. The Morgan fingerprint density at radius 1 is 1.20 bits per heavy atom. The van der Waals surface area contributed by atoms with Crippen LogP contribution in [0.2, 0.25) is 0 Å². The Hall–Kier alpha value is -1.35. The predicted molar refractivity (Wildman–Crippen MR) is 103 cm³/mol. The van der Waals surface area contributed by atoms with Crippen LogP contribution in [0.4, 0.5) is 5.69 Å². The summed E-state index contributed by atoms with van der Waals surface area (Å²) in [4.78, 5) is 16.8. The maximum atomic E-state index is 11.7. The molecule has 3 aliphatic rings. The van der Waals surface area contributed by atoms with Gasteiger partial charge in [-0.3, -0.25) is 4.79 Å². The second-order valence-corrected chi connectivity index (χ2v) is 8.68. The number of fused-ring (bicyclic) bond motifs is 2. The quantitative estimate of drug-likeness (QED) is 0.827. The number of likely N-dealkylation sites (tertiary alicyclic amines) is 1. The normalized spacial score (nSPS) is 24.6. The van der Waals surface area contributed by atoms with E-state index in [0.29, 0.717) is 6.54 Å². The summed E-state index contributed by atoms with van der Waals surface area (Å²) in [6.07, 6.45) is 8.18. The van der Waals surface area contributed by atoms with Crippen LogP contribution in [-0.4, -0.2) is 42.9 Å². The van der Waals surface area contributed by atoms with Gasteiger partial charge in [0.15, 0.2) is 0 Å². The van der Waals surface area contributed by atoms with Crippen LogP contribution < -0.4 is 4.90 Å². The van der Waals surface area contributed by atoms with E-state index in [-0.39, 0.29) is 11.2 Å². The molecule has 2 heterocycles. The van der Waals surface area contributed by atoms with Crippen LogP contribution in [0.15, 0.2) is 24.3 Å². The van der Waals surface area contributed by atoms with Crippen LogP contribution in [0.25, 0.3) is 0 Å². The Morgan fingerprint density at radius 3 is 2.56 bits per heavy atom. The largest absolute Gasteiger partial charge is 0.363 e. The van der Waals surface area contributed by atoms with Gasteiger partial charge in [0.2, 0.25) is 0 Å². The predicted octanol–water partition coefficient (Wildman–Crippen LogP) is 4.01. The van der Waals surface area contributed by atoms with Gasteiger partial charge in [-0.25, -0.2) is 0 Å². The molecule has 1 unspecified atom stereocenters. The summed E-state index contributed by atoms with van der Waals surface area (Å²) in [7, 11) is 0. The van der Waals surface area contributed by atoms with Gasteiger partial charge >= 0.3 is 0 Å². The lowest BCUT2D eigenvalue weighted by Crippen LogP contribution is -2.49.